The van der Waals surface area contributed by atoms with Crippen LogP contribution in [0, 0.1) is 11.3 Å². The molecule has 1 aromatic rings. The van der Waals surface area contributed by atoms with E-state index in [4.69, 9.17) is 21.6 Å². The number of nitrogens with zero attached hydrogens (tertiary/aromatic N) is 2. The van der Waals surface area contributed by atoms with E-state index in [1.165, 1.54) is 11.8 Å². The van der Waals surface area contributed by atoms with Crippen LogP contribution in [0.15, 0.2) is 17.3 Å². The number of halogens is 1. The number of thioether (sulfide) groups is 1. The van der Waals surface area contributed by atoms with E-state index in [0.29, 0.717) is 22.2 Å². The maximum atomic E-state index is 8.72. The van der Waals surface area contributed by atoms with E-state index in [1.54, 1.807) is 19.4 Å². The van der Waals surface area contributed by atoms with Gasteiger partial charge in [0.1, 0.15) is 11.1 Å². The summed E-state index contributed by atoms with van der Waals surface area (Å²) in [7, 11) is 1.64. The zero-order valence-corrected chi connectivity index (χ0v) is 9.23. The molecule has 1 heterocycles. The fraction of sp³-hybridized carbons (Fsp3) is 0.333. The van der Waals surface area contributed by atoms with E-state index in [-0.39, 0.29) is 0 Å². The van der Waals surface area contributed by atoms with Gasteiger partial charge >= 0.3 is 0 Å². The van der Waals surface area contributed by atoms with Crippen molar-refractivity contribution < 1.29 is 4.74 Å². The van der Waals surface area contributed by atoms with Crippen LogP contribution in [0.2, 0.25) is 5.02 Å². The van der Waals surface area contributed by atoms with Crippen molar-refractivity contribution in [2.24, 2.45) is 0 Å². The second-order valence-corrected chi connectivity index (χ2v) is 3.89. The van der Waals surface area contributed by atoms with Crippen LogP contribution in [0.1, 0.15) is 5.56 Å². The Kier molecular flexibility index (Phi) is 4.74. The molecule has 0 atom stereocenters. The van der Waals surface area contributed by atoms with Crippen molar-refractivity contribution in [3.63, 3.8) is 0 Å². The average molecular weight is 229 g/mol. The van der Waals surface area contributed by atoms with E-state index in [2.05, 4.69) is 4.98 Å². The molecule has 0 aliphatic heterocycles. The molecule has 0 unspecified atom stereocenters. The van der Waals surface area contributed by atoms with Gasteiger partial charge in [-0.1, -0.05) is 11.6 Å². The van der Waals surface area contributed by atoms with Crippen LogP contribution in [0.25, 0.3) is 0 Å². The molecule has 0 spiro atoms. The number of nitriles is 1. The van der Waals surface area contributed by atoms with Gasteiger partial charge < -0.3 is 4.74 Å². The van der Waals surface area contributed by atoms with Crippen molar-refractivity contribution in [3.05, 3.63) is 22.8 Å². The van der Waals surface area contributed by atoms with Gasteiger partial charge in [-0.2, -0.15) is 5.26 Å². The quantitative estimate of drug-likeness (QED) is 0.586. The normalized spacial score (nSPS) is 9.79. The largest absolute Gasteiger partial charge is 0.384 e. The molecule has 0 aromatic carbocycles. The second kappa shape index (κ2) is 5.86. The minimum absolute atomic E-state index is 0.427. The second-order valence-electron chi connectivity index (χ2n) is 2.43. The number of hydrogen-bond acceptors (Lipinski definition) is 4. The highest BCUT2D eigenvalue weighted by Gasteiger charge is 2.06. The Labute approximate surface area is 92.0 Å². The first-order chi connectivity index (χ1) is 6.79. The summed E-state index contributed by atoms with van der Waals surface area (Å²) >= 11 is 7.42. The zero-order valence-electron chi connectivity index (χ0n) is 7.66. The molecule has 14 heavy (non-hydrogen) atoms. The summed E-state index contributed by atoms with van der Waals surface area (Å²) in [4.78, 5) is 4.08. The molecule has 0 aliphatic carbocycles. The number of pyridine rings is 1. The van der Waals surface area contributed by atoms with E-state index < -0.39 is 0 Å². The van der Waals surface area contributed by atoms with Gasteiger partial charge in [-0.15, -0.1) is 11.8 Å². The van der Waals surface area contributed by atoms with Crippen LogP contribution < -0.4 is 0 Å². The molecule has 0 aliphatic rings. The SMILES string of the molecule is COCCSc1nccc(C#N)c1Cl. The maximum Gasteiger partial charge on any atom is 0.116 e. The molecule has 1 rings (SSSR count). The molecule has 0 bridgehead atoms. The fourth-order valence-corrected chi connectivity index (χ4v) is 1.97. The third kappa shape index (κ3) is 2.88. The van der Waals surface area contributed by atoms with Crippen LogP contribution in [0.5, 0.6) is 0 Å². The molecule has 0 radical (unpaired) electrons. The van der Waals surface area contributed by atoms with E-state index in [1.807, 2.05) is 6.07 Å². The van der Waals surface area contributed by atoms with Gasteiger partial charge in [-0.25, -0.2) is 4.98 Å². The Balaban J connectivity index is 2.73. The summed E-state index contributed by atoms with van der Waals surface area (Å²) in [6, 6.07) is 3.61. The van der Waals surface area contributed by atoms with Crippen LogP contribution in [-0.4, -0.2) is 24.5 Å². The Morgan fingerprint density at radius 1 is 1.71 bits per heavy atom. The van der Waals surface area contributed by atoms with Crippen molar-refractivity contribution in [2.75, 3.05) is 19.5 Å². The predicted octanol–water partition coefficient (Wildman–Crippen LogP) is 2.35. The van der Waals surface area contributed by atoms with Crippen LogP contribution in [-0.2, 0) is 4.74 Å². The summed E-state index contributed by atoms with van der Waals surface area (Å²) in [5, 5.41) is 9.83. The monoisotopic (exact) mass is 228 g/mol. The first-order valence-corrected chi connectivity index (χ1v) is 5.32. The molecule has 5 heteroatoms. The van der Waals surface area contributed by atoms with Gasteiger partial charge in [0.15, 0.2) is 0 Å². The predicted molar refractivity (Wildman–Crippen MR) is 56.6 cm³/mol. The van der Waals surface area contributed by atoms with Gasteiger partial charge in [0.25, 0.3) is 0 Å². The summed E-state index contributed by atoms with van der Waals surface area (Å²) in [6.45, 7) is 0.638. The van der Waals surface area contributed by atoms with Crippen molar-refractivity contribution >= 4 is 23.4 Å². The topological polar surface area (TPSA) is 45.9 Å². The smallest absolute Gasteiger partial charge is 0.116 e. The summed E-state index contributed by atoms with van der Waals surface area (Å²) in [6.07, 6.45) is 1.58. The number of ether oxygens (including phenoxy) is 1. The third-order valence-corrected chi connectivity index (χ3v) is 2.95. The number of aromatic nitrogens is 1. The molecule has 0 N–H and O–H groups in total. The minimum atomic E-state index is 0.427. The number of hydrogen-bond donors (Lipinski definition) is 0. The summed E-state index contributed by atoms with van der Waals surface area (Å²) < 4.78 is 4.90. The Hall–Kier alpha value is -0.760. The highest BCUT2D eigenvalue weighted by molar-refractivity contribution is 7.99. The Morgan fingerprint density at radius 2 is 2.50 bits per heavy atom. The molecule has 0 fully saturated rings. The molecule has 1 aromatic heterocycles. The first-order valence-electron chi connectivity index (χ1n) is 3.96. The zero-order chi connectivity index (χ0) is 10.4. The molecular weight excluding hydrogens is 220 g/mol. The fourth-order valence-electron chi connectivity index (χ4n) is 0.833. The van der Waals surface area contributed by atoms with E-state index in [9.17, 15) is 0 Å². The van der Waals surface area contributed by atoms with Crippen LogP contribution in [0.3, 0.4) is 0 Å². The van der Waals surface area contributed by atoms with E-state index in [0.717, 1.165) is 5.75 Å². The van der Waals surface area contributed by atoms with Crippen molar-refractivity contribution in [1.82, 2.24) is 4.98 Å². The molecule has 74 valence electrons. The Morgan fingerprint density at radius 3 is 3.14 bits per heavy atom. The summed E-state index contributed by atoms with van der Waals surface area (Å²) in [5.41, 5.74) is 0.460. The lowest BCUT2D eigenvalue weighted by molar-refractivity contribution is 0.218. The lowest BCUT2D eigenvalue weighted by Crippen LogP contribution is -1.93. The van der Waals surface area contributed by atoms with Gasteiger partial charge in [-0.3, -0.25) is 0 Å². The molecule has 0 amide bonds. The summed E-state index contributed by atoms with van der Waals surface area (Å²) in [5.74, 6) is 0.776. The lowest BCUT2D eigenvalue weighted by Gasteiger charge is -2.02. The molecular formula is C9H9ClN2OS. The first kappa shape index (κ1) is 11.3. The third-order valence-electron chi connectivity index (χ3n) is 1.50. The molecule has 3 nitrogen and oxygen atoms in total. The van der Waals surface area contributed by atoms with Crippen LogP contribution >= 0.6 is 23.4 Å². The lowest BCUT2D eigenvalue weighted by atomic mass is 10.3. The highest BCUT2D eigenvalue weighted by Crippen LogP contribution is 2.27. The van der Waals surface area contributed by atoms with Gasteiger partial charge in [0.05, 0.1) is 17.2 Å². The average Bonchev–Trinajstić information content (AvgIpc) is 2.21. The maximum absolute atomic E-state index is 8.72. The minimum Gasteiger partial charge on any atom is -0.384 e. The van der Waals surface area contributed by atoms with Gasteiger partial charge in [0.2, 0.25) is 0 Å². The van der Waals surface area contributed by atoms with Gasteiger partial charge in [0, 0.05) is 19.1 Å². The molecule has 0 saturated carbocycles. The van der Waals surface area contributed by atoms with E-state index >= 15 is 0 Å². The highest BCUT2D eigenvalue weighted by atomic mass is 35.5. The van der Waals surface area contributed by atoms with Crippen LogP contribution in [0.4, 0.5) is 0 Å². The van der Waals surface area contributed by atoms with Crippen molar-refractivity contribution in [1.29, 1.82) is 5.26 Å². The Bertz CT molecular complexity index is 351. The molecule has 0 saturated heterocycles. The van der Waals surface area contributed by atoms with Crippen molar-refractivity contribution in [3.8, 4) is 6.07 Å². The van der Waals surface area contributed by atoms with Gasteiger partial charge in [-0.05, 0) is 6.07 Å². The number of rotatable bonds is 4. The van der Waals surface area contributed by atoms with Crippen molar-refractivity contribution in [2.45, 2.75) is 5.03 Å². The standard InChI is InChI=1S/C9H9ClN2OS/c1-13-4-5-14-9-8(10)7(6-11)2-3-12-9/h2-3H,4-5H2,1H3. The number of methoxy groups -OCH3 is 1.